The Kier molecular flexibility index (Phi) is 3.96. The van der Waals surface area contributed by atoms with Gasteiger partial charge in [-0.15, -0.1) is 0 Å². The van der Waals surface area contributed by atoms with Crippen LogP contribution in [0.25, 0.3) is 0 Å². The summed E-state index contributed by atoms with van der Waals surface area (Å²) in [6.07, 6.45) is 1.86. The molecule has 0 fully saturated rings. The van der Waals surface area contributed by atoms with Crippen molar-refractivity contribution < 1.29 is 8.42 Å². The third kappa shape index (κ3) is 3.26. The predicted molar refractivity (Wildman–Crippen MR) is 78.1 cm³/mol. The molecule has 0 bridgehead atoms. The molecule has 0 radical (unpaired) electrons. The normalized spacial score (nSPS) is 13.4. The van der Waals surface area contributed by atoms with Gasteiger partial charge >= 0.3 is 0 Å². The molecule has 1 aromatic carbocycles. The fourth-order valence-electron chi connectivity index (χ4n) is 2.16. The summed E-state index contributed by atoms with van der Waals surface area (Å²) in [5.41, 5.74) is 9.10. The van der Waals surface area contributed by atoms with E-state index in [1.54, 1.807) is 24.3 Å². The van der Waals surface area contributed by atoms with Crippen LogP contribution in [0, 0.1) is 6.92 Å². The Morgan fingerprint density at radius 3 is 2.35 bits per heavy atom. The molecular weight excluding hydrogens is 274 g/mol. The average molecular weight is 293 g/mol. The third-order valence-corrected chi connectivity index (χ3v) is 4.39. The molecule has 1 aromatic heterocycles. The number of benzene rings is 1. The van der Waals surface area contributed by atoms with Gasteiger partial charge in [0.25, 0.3) is 0 Å². The molecule has 6 heteroatoms. The molecule has 20 heavy (non-hydrogen) atoms. The van der Waals surface area contributed by atoms with E-state index in [2.05, 4.69) is 5.10 Å². The highest BCUT2D eigenvalue weighted by molar-refractivity contribution is 7.90. The Morgan fingerprint density at radius 2 is 1.90 bits per heavy atom. The zero-order valence-electron chi connectivity index (χ0n) is 11.9. The van der Waals surface area contributed by atoms with Crippen LogP contribution in [0.5, 0.6) is 0 Å². The number of hydrogen-bond donors (Lipinski definition) is 1. The van der Waals surface area contributed by atoms with Gasteiger partial charge < -0.3 is 5.73 Å². The molecule has 0 aliphatic carbocycles. The first-order valence-corrected chi connectivity index (χ1v) is 8.21. The van der Waals surface area contributed by atoms with Crippen LogP contribution >= 0.6 is 0 Å². The maximum absolute atomic E-state index is 11.4. The Morgan fingerprint density at radius 1 is 1.30 bits per heavy atom. The van der Waals surface area contributed by atoms with Gasteiger partial charge in [0.05, 0.1) is 10.6 Å². The van der Waals surface area contributed by atoms with Crippen molar-refractivity contribution in [3.63, 3.8) is 0 Å². The van der Waals surface area contributed by atoms with Gasteiger partial charge in [0.15, 0.2) is 9.84 Å². The highest BCUT2D eigenvalue weighted by Crippen LogP contribution is 2.18. The molecule has 0 spiro atoms. The second kappa shape index (κ2) is 5.38. The van der Waals surface area contributed by atoms with Gasteiger partial charge in [0.1, 0.15) is 0 Å². The van der Waals surface area contributed by atoms with E-state index in [-0.39, 0.29) is 6.04 Å². The fraction of sp³-hybridized carbons (Fsp3) is 0.357. The smallest absolute Gasteiger partial charge is 0.175 e. The molecule has 0 aliphatic heterocycles. The Balaban J connectivity index is 2.17. The summed E-state index contributed by atoms with van der Waals surface area (Å²) in [5.74, 6) is 0. The number of sulfone groups is 1. The largest absolute Gasteiger partial charge is 0.324 e. The van der Waals surface area contributed by atoms with Crippen LogP contribution in [-0.2, 0) is 23.3 Å². The SMILES string of the molecule is Cc1cc(CC(N)c2ccc(S(C)(=O)=O)cc2)n(C)n1. The molecule has 0 amide bonds. The van der Waals surface area contributed by atoms with Crippen LogP contribution in [0.1, 0.15) is 23.0 Å². The lowest BCUT2D eigenvalue weighted by molar-refractivity contribution is 0.601. The van der Waals surface area contributed by atoms with Crippen LogP contribution in [-0.4, -0.2) is 24.5 Å². The number of hydrogen-bond acceptors (Lipinski definition) is 4. The first kappa shape index (κ1) is 14.7. The molecule has 2 rings (SSSR count). The minimum atomic E-state index is -3.16. The number of rotatable bonds is 4. The zero-order chi connectivity index (χ0) is 14.9. The van der Waals surface area contributed by atoms with Crippen LogP contribution in [0.4, 0.5) is 0 Å². The van der Waals surface area contributed by atoms with E-state index in [4.69, 9.17) is 5.73 Å². The number of nitrogens with zero attached hydrogens (tertiary/aromatic N) is 2. The minimum Gasteiger partial charge on any atom is -0.324 e. The van der Waals surface area contributed by atoms with Crippen LogP contribution in [0.2, 0.25) is 0 Å². The van der Waals surface area contributed by atoms with Gasteiger partial charge in [-0.05, 0) is 30.7 Å². The lowest BCUT2D eigenvalue weighted by Gasteiger charge is -2.12. The van der Waals surface area contributed by atoms with E-state index in [0.29, 0.717) is 11.3 Å². The lowest BCUT2D eigenvalue weighted by Crippen LogP contribution is -2.15. The van der Waals surface area contributed by atoms with Crippen LogP contribution in [0.3, 0.4) is 0 Å². The zero-order valence-corrected chi connectivity index (χ0v) is 12.7. The topological polar surface area (TPSA) is 78.0 Å². The molecule has 0 aliphatic rings. The summed E-state index contributed by atoms with van der Waals surface area (Å²) in [6, 6.07) is 8.55. The van der Waals surface area contributed by atoms with Crippen LogP contribution < -0.4 is 5.73 Å². The third-order valence-electron chi connectivity index (χ3n) is 3.26. The van der Waals surface area contributed by atoms with E-state index in [9.17, 15) is 8.42 Å². The predicted octanol–water partition coefficient (Wildman–Crippen LogP) is 1.37. The molecule has 1 heterocycles. The Labute approximate surface area is 119 Å². The van der Waals surface area contributed by atoms with E-state index in [1.165, 1.54) is 6.26 Å². The molecular formula is C14H19N3O2S. The molecule has 2 N–H and O–H groups in total. The maximum atomic E-state index is 11.4. The molecule has 2 aromatic rings. The van der Waals surface area contributed by atoms with Crippen molar-refractivity contribution in [1.29, 1.82) is 0 Å². The van der Waals surface area contributed by atoms with Gasteiger partial charge in [0, 0.05) is 31.5 Å². The molecule has 108 valence electrons. The van der Waals surface area contributed by atoms with Crippen molar-refractivity contribution in [2.45, 2.75) is 24.3 Å². The van der Waals surface area contributed by atoms with Gasteiger partial charge in [-0.1, -0.05) is 12.1 Å². The van der Waals surface area contributed by atoms with E-state index in [0.717, 1.165) is 17.0 Å². The quantitative estimate of drug-likeness (QED) is 0.923. The van der Waals surface area contributed by atoms with E-state index in [1.807, 2.05) is 24.7 Å². The first-order chi connectivity index (χ1) is 9.27. The first-order valence-electron chi connectivity index (χ1n) is 6.32. The Bertz CT molecular complexity index is 703. The summed E-state index contributed by atoms with van der Waals surface area (Å²) < 4.78 is 24.6. The Hall–Kier alpha value is -1.66. The molecule has 0 saturated heterocycles. The average Bonchev–Trinajstić information content (AvgIpc) is 2.67. The monoisotopic (exact) mass is 293 g/mol. The van der Waals surface area contributed by atoms with Gasteiger partial charge in [-0.25, -0.2) is 8.42 Å². The summed E-state index contributed by atoms with van der Waals surface area (Å²) in [7, 11) is -1.27. The van der Waals surface area contributed by atoms with Crippen LogP contribution in [0.15, 0.2) is 35.2 Å². The molecule has 1 unspecified atom stereocenters. The van der Waals surface area contributed by atoms with Crippen molar-refractivity contribution >= 4 is 9.84 Å². The molecule has 0 saturated carbocycles. The highest BCUT2D eigenvalue weighted by Gasteiger charge is 2.12. The number of nitrogens with two attached hydrogens (primary N) is 1. The second-order valence-corrected chi connectivity index (χ2v) is 7.07. The van der Waals surface area contributed by atoms with Gasteiger partial charge in [0.2, 0.25) is 0 Å². The lowest BCUT2D eigenvalue weighted by atomic mass is 10.0. The minimum absolute atomic E-state index is 0.182. The number of aromatic nitrogens is 2. The van der Waals surface area contributed by atoms with Crippen molar-refractivity contribution in [3.05, 3.63) is 47.3 Å². The summed E-state index contributed by atoms with van der Waals surface area (Å²) in [5, 5.41) is 4.29. The fourth-order valence-corrected chi connectivity index (χ4v) is 2.79. The summed E-state index contributed by atoms with van der Waals surface area (Å²) in [4.78, 5) is 0.310. The standard InChI is InChI=1S/C14H19N3O2S/c1-10-8-12(17(2)16-10)9-14(15)11-4-6-13(7-5-11)20(3,18)19/h4-8,14H,9,15H2,1-3H3. The molecule has 5 nitrogen and oxygen atoms in total. The highest BCUT2D eigenvalue weighted by atomic mass is 32.2. The van der Waals surface area contributed by atoms with Gasteiger partial charge in [-0.2, -0.15) is 5.10 Å². The summed E-state index contributed by atoms with van der Waals surface area (Å²) >= 11 is 0. The maximum Gasteiger partial charge on any atom is 0.175 e. The number of aryl methyl sites for hydroxylation is 2. The van der Waals surface area contributed by atoms with E-state index >= 15 is 0 Å². The van der Waals surface area contributed by atoms with E-state index < -0.39 is 9.84 Å². The second-order valence-electron chi connectivity index (χ2n) is 5.05. The van der Waals surface area contributed by atoms with Crippen molar-refractivity contribution in [2.24, 2.45) is 12.8 Å². The van der Waals surface area contributed by atoms with Crippen molar-refractivity contribution in [2.75, 3.05) is 6.26 Å². The van der Waals surface area contributed by atoms with Gasteiger partial charge in [-0.3, -0.25) is 4.68 Å². The van der Waals surface area contributed by atoms with Crippen molar-refractivity contribution in [3.8, 4) is 0 Å². The summed E-state index contributed by atoms with van der Waals surface area (Å²) in [6.45, 7) is 1.94. The van der Waals surface area contributed by atoms with Crippen molar-refractivity contribution in [1.82, 2.24) is 9.78 Å². The molecule has 1 atom stereocenters.